The van der Waals surface area contributed by atoms with E-state index in [1.807, 2.05) is 31.1 Å². The topological polar surface area (TPSA) is 73.8 Å². The zero-order chi connectivity index (χ0) is 25.3. The monoisotopic (exact) mass is 515 g/mol. The molecular formula is C27H34FN3O4S. The molecule has 1 aromatic rings. The highest BCUT2D eigenvalue weighted by atomic mass is 32.2. The number of thioether (sulfide) groups is 1. The van der Waals surface area contributed by atoms with Crippen LogP contribution in [0.15, 0.2) is 41.7 Å². The van der Waals surface area contributed by atoms with E-state index in [2.05, 4.69) is 9.97 Å². The Bertz CT molecular complexity index is 1120. The fraction of sp³-hybridized carbons (Fsp3) is 0.593. The lowest BCUT2D eigenvalue weighted by atomic mass is 9.96. The maximum absolute atomic E-state index is 14.7. The lowest BCUT2D eigenvalue weighted by Crippen LogP contribution is -2.42. The molecule has 1 aromatic heterocycles. The standard InChI is InChI=1S/C27H34FN3O4S/c1-18-22(29-17-30-24(18)34-23-6-4-5-19(15-36-3)11-21(23)28)14-33-16-27-9-10-31(13-20(27)12-27)25(32)35-26(2)7-8-26/h5-6,11,17,20H,4,7-10,12-16H2,1-3H3. The Labute approximate surface area is 216 Å². The number of halogens is 1. The Morgan fingerprint density at radius 3 is 2.86 bits per heavy atom. The van der Waals surface area contributed by atoms with Gasteiger partial charge in [0.1, 0.15) is 11.9 Å². The molecule has 2 atom stereocenters. The number of fused-ring (bicyclic) bond motifs is 1. The number of allylic oxidation sites excluding steroid dienone is 4. The quantitative estimate of drug-likeness (QED) is 0.429. The number of carbonyl (C=O) groups excluding carboxylic acids is 1. The molecule has 0 radical (unpaired) electrons. The number of amides is 1. The van der Waals surface area contributed by atoms with Crippen molar-refractivity contribution in [3.8, 4) is 5.88 Å². The van der Waals surface area contributed by atoms with Crippen LogP contribution in [-0.4, -0.2) is 58.3 Å². The minimum absolute atomic E-state index is 0.140. The third-order valence-electron chi connectivity index (χ3n) is 7.74. The van der Waals surface area contributed by atoms with E-state index in [0.717, 1.165) is 54.8 Å². The van der Waals surface area contributed by atoms with Gasteiger partial charge in [0.2, 0.25) is 5.88 Å². The minimum Gasteiger partial charge on any atom is -0.443 e. The van der Waals surface area contributed by atoms with Gasteiger partial charge in [0.25, 0.3) is 0 Å². The average molecular weight is 516 g/mol. The Morgan fingerprint density at radius 1 is 1.28 bits per heavy atom. The molecule has 7 nitrogen and oxygen atoms in total. The van der Waals surface area contributed by atoms with Gasteiger partial charge in [-0.15, -0.1) is 0 Å². The molecule has 4 aliphatic rings. The van der Waals surface area contributed by atoms with Crippen LogP contribution in [0.3, 0.4) is 0 Å². The number of ether oxygens (including phenoxy) is 3. The van der Waals surface area contributed by atoms with Crippen molar-refractivity contribution < 1.29 is 23.4 Å². The molecule has 36 heavy (non-hydrogen) atoms. The maximum atomic E-state index is 14.7. The summed E-state index contributed by atoms with van der Waals surface area (Å²) in [4.78, 5) is 22.9. The van der Waals surface area contributed by atoms with Crippen LogP contribution in [0.2, 0.25) is 0 Å². The molecule has 0 N–H and O–H groups in total. The van der Waals surface area contributed by atoms with E-state index in [1.165, 1.54) is 12.4 Å². The van der Waals surface area contributed by atoms with E-state index in [4.69, 9.17) is 14.2 Å². The molecule has 194 valence electrons. The van der Waals surface area contributed by atoms with Crippen LogP contribution in [0.5, 0.6) is 5.88 Å². The molecule has 9 heteroatoms. The van der Waals surface area contributed by atoms with Crippen LogP contribution in [0.1, 0.15) is 50.3 Å². The molecule has 2 unspecified atom stereocenters. The number of nitrogens with zero attached hydrogens (tertiary/aromatic N) is 3. The van der Waals surface area contributed by atoms with Gasteiger partial charge in [-0.1, -0.05) is 6.08 Å². The van der Waals surface area contributed by atoms with Gasteiger partial charge in [0.05, 0.1) is 18.9 Å². The number of hydrogen-bond acceptors (Lipinski definition) is 7. The number of hydrogen-bond donors (Lipinski definition) is 0. The summed E-state index contributed by atoms with van der Waals surface area (Å²) in [7, 11) is 0. The summed E-state index contributed by atoms with van der Waals surface area (Å²) in [6.45, 7) is 6.28. The van der Waals surface area contributed by atoms with Gasteiger partial charge >= 0.3 is 6.09 Å². The van der Waals surface area contributed by atoms with Gasteiger partial charge in [-0.2, -0.15) is 11.8 Å². The summed E-state index contributed by atoms with van der Waals surface area (Å²) in [5.41, 5.74) is 2.32. The zero-order valence-corrected chi connectivity index (χ0v) is 22.0. The Kier molecular flexibility index (Phi) is 7.14. The normalized spacial score (nSPS) is 26.2. The molecule has 3 fully saturated rings. The third kappa shape index (κ3) is 5.62. The Morgan fingerprint density at radius 2 is 2.11 bits per heavy atom. The summed E-state index contributed by atoms with van der Waals surface area (Å²) in [6.07, 6.45) is 13.0. The predicted octanol–water partition coefficient (Wildman–Crippen LogP) is 5.51. The fourth-order valence-corrected chi connectivity index (χ4v) is 5.45. The molecule has 5 rings (SSSR count). The summed E-state index contributed by atoms with van der Waals surface area (Å²) in [5, 5.41) is 0. The average Bonchev–Trinajstić information content (AvgIpc) is 3.76. The molecule has 3 aliphatic carbocycles. The van der Waals surface area contributed by atoms with Crippen LogP contribution in [0, 0.1) is 18.3 Å². The predicted molar refractivity (Wildman–Crippen MR) is 136 cm³/mol. The molecule has 1 aliphatic heterocycles. The van der Waals surface area contributed by atoms with Gasteiger partial charge in [-0.05, 0) is 75.9 Å². The number of aromatic nitrogens is 2. The third-order valence-corrected chi connectivity index (χ3v) is 8.37. The highest BCUT2D eigenvalue weighted by molar-refractivity contribution is 7.98. The minimum atomic E-state index is -0.399. The van der Waals surface area contributed by atoms with Gasteiger partial charge in [-0.3, -0.25) is 0 Å². The summed E-state index contributed by atoms with van der Waals surface area (Å²) in [6, 6.07) is 0. The van der Waals surface area contributed by atoms with Crippen molar-refractivity contribution in [2.24, 2.45) is 11.3 Å². The van der Waals surface area contributed by atoms with Gasteiger partial charge in [0.15, 0.2) is 11.6 Å². The van der Waals surface area contributed by atoms with E-state index < -0.39 is 5.83 Å². The first-order chi connectivity index (χ1) is 17.3. The van der Waals surface area contributed by atoms with Crippen molar-refractivity contribution in [1.29, 1.82) is 0 Å². The second kappa shape index (κ2) is 10.2. The molecule has 0 aromatic carbocycles. The molecule has 1 amide bonds. The van der Waals surface area contributed by atoms with Crippen molar-refractivity contribution in [1.82, 2.24) is 14.9 Å². The molecule has 0 spiro atoms. The number of likely N-dealkylation sites (tertiary alicyclic amines) is 1. The second-order valence-corrected chi connectivity index (χ2v) is 11.5. The van der Waals surface area contributed by atoms with Crippen LogP contribution >= 0.6 is 11.8 Å². The van der Waals surface area contributed by atoms with E-state index in [-0.39, 0.29) is 22.9 Å². The van der Waals surface area contributed by atoms with Crippen LogP contribution < -0.4 is 4.74 Å². The first-order valence-electron chi connectivity index (χ1n) is 12.6. The smallest absolute Gasteiger partial charge is 0.410 e. The van der Waals surface area contributed by atoms with Gasteiger partial charge in [0, 0.05) is 29.8 Å². The fourth-order valence-electron chi connectivity index (χ4n) is 4.92. The first kappa shape index (κ1) is 25.3. The number of rotatable bonds is 9. The first-order valence-corrected chi connectivity index (χ1v) is 14.0. The second-order valence-electron chi connectivity index (χ2n) is 10.6. The summed E-state index contributed by atoms with van der Waals surface area (Å²) in [5.74, 6) is 1.33. The zero-order valence-electron chi connectivity index (χ0n) is 21.2. The Hall–Kier alpha value is -2.39. The Balaban J connectivity index is 1.13. The molecule has 1 saturated heterocycles. The van der Waals surface area contributed by atoms with Crippen molar-refractivity contribution in [3.05, 3.63) is 53.0 Å². The van der Waals surface area contributed by atoms with Gasteiger partial charge < -0.3 is 19.1 Å². The molecular weight excluding hydrogens is 481 g/mol. The lowest BCUT2D eigenvalue weighted by molar-refractivity contribution is 0.0265. The lowest BCUT2D eigenvalue weighted by Gasteiger charge is -2.31. The van der Waals surface area contributed by atoms with Crippen LogP contribution in [0.4, 0.5) is 9.18 Å². The van der Waals surface area contributed by atoms with Gasteiger partial charge in [-0.25, -0.2) is 19.2 Å². The molecule has 2 saturated carbocycles. The van der Waals surface area contributed by atoms with Crippen LogP contribution in [-0.2, 0) is 16.1 Å². The number of piperidine rings is 1. The van der Waals surface area contributed by atoms with Crippen molar-refractivity contribution in [2.45, 2.75) is 58.2 Å². The summed E-state index contributed by atoms with van der Waals surface area (Å²) >= 11 is 1.65. The highest BCUT2D eigenvalue weighted by Crippen LogP contribution is 2.58. The molecule has 2 heterocycles. The van der Waals surface area contributed by atoms with Crippen molar-refractivity contribution in [3.63, 3.8) is 0 Å². The summed E-state index contributed by atoms with van der Waals surface area (Å²) < 4.78 is 32.3. The largest absolute Gasteiger partial charge is 0.443 e. The molecule has 0 bridgehead atoms. The van der Waals surface area contributed by atoms with Crippen LogP contribution in [0.25, 0.3) is 0 Å². The maximum Gasteiger partial charge on any atom is 0.410 e. The van der Waals surface area contributed by atoms with Crippen molar-refractivity contribution >= 4 is 17.9 Å². The SMILES string of the molecule is CSCC1=CCC=C(Oc2ncnc(COCC34CCN(C(=O)OC5(C)CC5)CC3C4)c2C)C(F)=C1. The highest BCUT2D eigenvalue weighted by Gasteiger charge is 2.57. The van der Waals surface area contributed by atoms with Crippen molar-refractivity contribution in [2.75, 3.05) is 31.7 Å². The number of carbonyl (C=O) groups is 1. The van der Waals surface area contributed by atoms with E-state index in [1.54, 1.807) is 17.8 Å². The van der Waals surface area contributed by atoms with E-state index in [0.29, 0.717) is 38.0 Å². The van der Waals surface area contributed by atoms with E-state index >= 15 is 0 Å². The van der Waals surface area contributed by atoms with E-state index in [9.17, 15) is 9.18 Å².